The molecule has 2 aromatic carbocycles. The van der Waals surface area contributed by atoms with E-state index >= 15 is 0 Å². The normalized spacial score (nSPS) is 13.4. The highest BCUT2D eigenvalue weighted by atomic mass is 32.2. The van der Waals surface area contributed by atoms with Crippen molar-refractivity contribution in [1.82, 2.24) is 0 Å². The van der Waals surface area contributed by atoms with Crippen LogP contribution in [0.15, 0.2) is 36.4 Å². The average molecular weight is 395 g/mol. The third-order valence-corrected chi connectivity index (χ3v) is 5.88. The second kappa shape index (κ2) is 9.08. The number of sulfonamides is 1. The monoisotopic (exact) mass is 395 g/mol. The molecule has 0 atom stereocenters. The topological polar surface area (TPSA) is 64.6 Å². The van der Waals surface area contributed by atoms with Gasteiger partial charge in [-0.15, -0.1) is 0 Å². The molecule has 1 N–H and O–H groups in total. The van der Waals surface area contributed by atoms with Crippen molar-refractivity contribution < 1.29 is 22.3 Å². The third-order valence-electron chi connectivity index (χ3n) is 4.01. The van der Waals surface area contributed by atoms with Crippen LogP contribution in [0, 0.1) is 5.82 Å². The molecule has 0 aromatic heterocycles. The first kappa shape index (κ1) is 21.0. The standard InChI is InChI=1S/C18H20FNO4S.C2H6/c1-3-12-4-8-17(18(10-12)23-2)24-16-9-5-13(11-15(16)19)20-25(21,22)14-6-7-14;1-2/h4-5,8-11,14,20H,3,6-7H2,1-2H3;1-2H3. The van der Waals surface area contributed by atoms with Crippen molar-refractivity contribution in [3.63, 3.8) is 0 Å². The fourth-order valence-corrected chi connectivity index (χ4v) is 3.79. The van der Waals surface area contributed by atoms with Crippen LogP contribution in [0.2, 0.25) is 0 Å². The van der Waals surface area contributed by atoms with Crippen LogP contribution in [0.4, 0.5) is 10.1 Å². The minimum absolute atomic E-state index is 0.00285. The summed E-state index contributed by atoms with van der Waals surface area (Å²) in [5, 5.41) is -0.368. The molecule has 148 valence electrons. The molecule has 1 aliphatic rings. The molecule has 2 aromatic rings. The first-order valence-electron chi connectivity index (χ1n) is 9.09. The van der Waals surface area contributed by atoms with E-state index in [1.807, 2.05) is 32.9 Å². The van der Waals surface area contributed by atoms with E-state index in [0.29, 0.717) is 24.3 Å². The molecule has 27 heavy (non-hydrogen) atoms. The fourth-order valence-electron chi connectivity index (χ4n) is 2.41. The smallest absolute Gasteiger partial charge is 0.235 e. The molecule has 1 aliphatic carbocycles. The van der Waals surface area contributed by atoms with Gasteiger partial charge in [-0.25, -0.2) is 12.8 Å². The highest BCUT2D eigenvalue weighted by Crippen LogP contribution is 2.35. The summed E-state index contributed by atoms with van der Waals surface area (Å²) < 4.78 is 51.4. The lowest BCUT2D eigenvalue weighted by atomic mass is 10.1. The summed E-state index contributed by atoms with van der Waals surface area (Å²) in [6.07, 6.45) is 2.14. The van der Waals surface area contributed by atoms with Gasteiger partial charge in [0.25, 0.3) is 0 Å². The van der Waals surface area contributed by atoms with Crippen LogP contribution in [0.25, 0.3) is 0 Å². The van der Waals surface area contributed by atoms with E-state index in [0.717, 1.165) is 18.1 Å². The Hall–Kier alpha value is -2.28. The first-order chi connectivity index (χ1) is 12.9. The number of aryl methyl sites for hydroxylation is 1. The molecule has 0 radical (unpaired) electrons. The molecule has 0 aliphatic heterocycles. The molecule has 1 fully saturated rings. The molecule has 3 rings (SSSR count). The van der Waals surface area contributed by atoms with E-state index in [1.165, 1.54) is 19.2 Å². The van der Waals surface area contributed by atoms with Crippen LogP contribution in [0.5, 0.6) is 17.2 Å². The van der Waals surface area contributed by atoms with Gasteiger partial charge < -0.3 is 9.47 Å². The minimum atomic E-state index is -3.42. The van der Waals surface area contributed by atoms with Crippen molar-refractivity contribution in [1.29, 1.82) is 0 Å². The van der Waals surface area contributed by atoms with Crippen molar-refractivity contribution in [3.8, 4) is 17.2 Å². The van der Waals surface area contributed by atoms with E-state index < -0.39 is 15.8 Å². The van der Waals surface area contributed by atoms with E-state index in [1.54, 1.807) is 6.07 Å². The number of methoxy groups -OCH3 is 1. The largest absolute Gasteiger partial charge is 0.493 e. The van der Waals surface area contributed by atoms with Crippen molar-refractivity contribution in [2.45, 2.75) is 45.3 Å². The lowest BCUT2D eigenvalue weighted by molar-refractivity contribution is 0.370. The Bertz CT molecular complexity index is 880. The Morgan fingerprint density at radius 3 is 2.30 bits per heavy atom. The minimum Gasteiger partial charge on any atom is -0.493 e. The van der Waals surface area contributed by atoms with Crippen LogP contribution < -0.4 is 14.2 Å². The zero-order valence-electron chi connectivity index (χ0n) is 16.1. The quantitative estimate of drug-likeness (QED) is 0.707. The van der Waals surface area contributed by atoms with Gasteiger partial charge in [0.05, 0.1) is 18.0 Å². The average Bonchev–Trinajstić information content (AvgIpc) is 3.51. The van der Waals surface area contributed by atoms with Gasteiger partial charge in [0.15, 0.2) is 23.1 Å². The molecule has 0 saturated heterocycles. The summed E-state index contributed by atoms with van der Waals surface area (Å²) >= 11 is 0. The van der Waals surface area contributed by atoms with E-state index in [4.69, 9.17) is 9.47 Å². The van der Waals surface area contributed by atoms with Gasteiger partial charge in [-0.3, -0.25) is 4.72 Å². The van der Waals surface area contributed by atoms with Gasteiger partial charge in [0.2, 0.25) is 10.0 Å². The fraction of sp³-hybridized carbons (Fsp3) is 0.400. The highest BCUT2D eigenvalue weighted by molar-refractivity contribution is 7.93. The predicted molar refractivity (Wildman–Crippen MR) is 106 cm³/mol. The van der Waals surface area contributed by atoms with Crippen LogP contribution in [-0.4, -0.2) is 20.8 Å². The Kier molecular flexibility index (Phi) is 7.07. The van der Waals surface area contributed by atoms with Crippen molar-refractivity contribution in [2.75, 3.05) is 11.8 Å². The SMILES string of the molecule is CC.CCc1ccc(Oc2ccc(NS(=O)(=O)C3CC3)cc2F)c(OC)c1. The maximum absolute atomic E-state index is 14.3. The number of halogens is 1. The molecule has 7 heteroatoms. The van der Waals surface area contributed by atoms with Gasteiger partial charge in [0.1, 0.15) is 0 Å². The summed E-state index contributed by atoms with van der Waals surface area (Å²) in [6.45, 7) is 6.02. The molecule has 1 saturated carbocycles. The van der Waals surface area contributed by atoms with Crippen molar-refractivity contribution in [2.24, 2.45) is 0 Å². The van der Waals surface area contributed by atoms with Gasteiger partial charge in [-0.05, 0) is 49.1 Å². The van der Waals surface area contributed by atoms with Gasteiger partial charge in [-0.1, -0.05) is 26.8 Å². The zero-order valence-corrected chi connectivity index (χ0v) is 16.9. The predicted octanol–water partition coefficient (Wildman–Crippen LogP) is 5.12. The second-order valence-electron chi connectivity index (χ2n) is 5.93. The Morgan fingerprint density at radius 2 is 1.74 bits per heavy atom. The van der Waals surface area contributed by atoms with Crippen LogP contribution in [-0.2, 0) is 16.4 Å². The van der Waals surface area contributed by atoms with Crippen LogP contribution in [0.1, 0.15) is 39.2 Å². The van der Waals surface area contributed by atoms with Crippen molar-refractivity contribution >= 4 is 15.7 Å². The molecule has 5 nitrogen and oxygen atoms in total. The first-order valence-corrected chi connectivity index (χ1v) is 10.6. The van der Waals surface area contributed by atoms with Gasteiger partial charge in [-0.2, -0.15) is 0 Å². The van der Waals surface area contributed by atoms with Crippen LogP contribution >= 0.6 is 0 Å². The summed E-state index contributed by atoms with van der Waals surface area (Å²) in [5.74, 6) is 0.247. The number of benzene rings is 2. The van der Waals surface area contributed by atoms with E-state index in [2.05, 4.69) is 4.72 Å². The molecule has 0 spiro atoms. The van der Waals surface area contributed by atoms with Gasteiger partial charge in [0, 0.05) is 6.07 Å². The molecule has 0 bridgehead atoms. The van der Waals surface area contributed by atoms with E-state index in [9.17, 15) is 12.8 Å². The molecule has 0 heterocycles. The van der Waals surface area contributed by atoms with Crippen LogP contribution in [0.3, 0.4) is 0 Å². The summed E-state index contributed by atoms with van der Waals surface area (Å²) in [5.41, 5.74) is 1.26. The molecular weight excluding hydrogens is 369 g/mol. The highest BCUT2D eigenvalue weighted by Gasteiger charge is 2.35. The number of hydrogen-bond donors (Lipinski definition) is 1. The molecule has 0 unspecified atom stereocenters. The molecule has 0 amide bonds. The lowest BCUT2D eigenvalue weighted by Gasteiger charge is -2.13. The number of ether oxygens (including phenoxy) is 2. The third kappa shape index (κ3) is 5.35. The summed E-state index contributed by atoms with van der Waals surface area (Å²) in [4.78, 5) is 0. The molecular formula is C20H26FNO4S. The maximum atomic E-state index is 14.3. The lowest BCUT2D eigenvalue weighted by Crippen LogP contribution is -2.17. The Labute approximate surface area is 160 Å². The number of nitrogens with one attached hydrogen (secondary N) is 1. The summed E-state index contributed by atoms with van der Waals surface area (Å²) in [6, 6.07) is 9.43. The Balaban J connectivity index is 0.00000126. The number of hydrogen-bond acceptors (Lipinski definition) is 4. The number of rotatable bonds is 7. The zero-order chi connectivity index (χ0) is 20.0. The van der Waals surface area contributed by atoms with Gasteiger partial charge >= 0.3 is 0 Å². The summed E-state index contributed by atoms with van der Waals surface area (Å²) in [7, 11) is -1.90. The second-order valence-corrected chi connectivity index (χ2v) is 7.89. The maximum Gasteiger partial charge on any atom is 0.235 e. The Morgan fingerprint density at radius 1 is 1.07 bits per heavy atom. The number of anilines is 1. The van der Waals surface area contributed by atoms with Crippen molar-refractivity contribution in [3.05, 3.63) is 47.8 Å². The van der Waals surface area contributed by atoms with E-state index in [-0.39, 0.29) is 16.7 Å².